The maximum absolute atomic E-state index is 10.4. The lowest BCUT2D eigenvalue weighted by Gasteiger charge is -2.15. The normalized spacial score (nSPS) is 12.7. The van der Waals surface area contributed by atoms with Gasteiger partial charge in [0, 0.05) is 19.2 Å². The molecule has 0 spiro atoms. The van der Waals surface area contributed by atoms with Gasteiger partial charge in [-0.15, -0.1) is 0 Å². The summed E-state index contributed by atoms with van der Waals surface area (Å²) >= 11 is 0. The van der Waals surface area contributed by atoms with Crippen molar-refractivity contribution in [3.8, 4) is 0 Å². The molecule has 1 unspecified atom stereocenters. The Morgan fingerprint density at radius 2 is 1.94 bits per heavy atom. The van der Waals surface area contributed by atoms with Crippen molar-refractivity contribution >= 4 is 0 Å². The van der Waals surface area contributed by atoms with E-state index < -0.39 is 6.10 Å². The van der Waals surface area contributed by atoms with Gasteiger partial charge in [-0.1, -0.05) is 18.2 Å². The Hall–Kier alpha value is -1.61. The molecule has 2 aromatic rings. The van der Waals surface area contributed by atoms with Crippen molar-refractivity contribution in [3.05, 3.63) is 52.8 Å². The SMILES string of the molecule is CCn1cc(CC(O)c2c(C)cccc2C)cn1. The summed E-state index contributed by atoms with van der Waals surface area (Å²) in [7, 11) is 0. The number of aromatic nitrogens is 2. The number of aliphatic hydroxyl groups is 1. The average molecular weight is 244 g/mol. The van der Waals surface area contributed by atoms with Crippen molar-refractivity contribution in [2.45, 2.75) is 39.8 Å². The zero-order chi connectivity index (χ0) is 13.1. The second-order valence-corrected chi connectivity index (χ2v) is 4.73. The second-order valence-electron chi connectivity index (χ2n) is 4.73. The number of nitrogens with zero attached hydrogens (tertiary/aromatic N) is 2. The minimum atomic E-state index is -0.458. The molecule has 0 aliphatic heterocycles. The van der Waals surface area contributed by atoms with Crippen LogP contribution in [0.25, 0.3) is 0 Å². The molecular formula is C15H20N2O. The Labute approximate surface area is 108 Å². The van der Waals surface area contributed by atoms with E-state index in [0.29, 0.717) is 6.42 Å². The van der Waals surface area contributed by atoms with Gasteiger partial charge in [-0.25, -0.2) is 0 Å². The third-order valence-electron chi connectivity index (χ3n) is 3.32. The molecule has 96 valence electrons. The first-order valence-corrected chi connectivity index (χ1v) is 6.37. The minimum Gasteiger partial charge on any atom is -0.388 e. The average Bonchev–Trinajstić information content (AvgIpc) is 2.76. The topological polar surface area (TPSA) is 38.0 Å². The number of aliphatic hydroxyl groups excluding tert-OH is 1. The van der Waals surface area contributed by atoms with Crippen molar-refractivity contribution in [2.24, 2.45) is 0 Å². The molecule has 18 heavy (non-hydrogen) atoms. The first-order chi connectivity index (χ1) is 8.61. The van der Waals surface area contributed by atoms with E-state index in [9.17, 15) is 5.11 Å². The van der Waals surface area contributed by atoms with Gasteiger partial charge in [0.2, 0.25) is 0 Å². The predicted octanol–water partition coefficient (Wildman–Crippen LogP) is 2.80. The molecule has 1 aromatic carbocycles. The summed E-state index contributed by atoms with van der Waals surface area (Å²) in [6, 6.07) is 6.11. The summed E-state index contributed by atoms with van der Waals surface area (Å²) < 4.78 is 1.88. The van der Waals surface area contributed by atoms with Crippen LogP contribution in [-0.4, -0.2) is 14.9 Å². The van der Waals surface area contributed by atoms with Crippen LogP contribution in [0.1, 0.15) is 35.3 Å². The van der Waals surface area contributed by atoms with Crippen LogP contribution in [0.2, 0.25) is 0 Å². The van der Waals surface area contributed by atoms with Crippen LogP contribution < -0.4 is 0 Å². The zero-order valence-electron chi connectivity index (χ0n) is 11.2. The van der Waals surface area contributed by atoms with E-state index in [4.69, 9.17) is 0 Å². The van der Waals surface area contributed by atoms with E-state index in [1.807, 2.05) is 49.1 Å². The molecule has 0 saturated heterocycles. The fourth-order valence-electron chi connectivity index (χ4n) is 2.36. The van der Waals surface area contributed by atoms with Gasteiger partial charge in [0.25, 0.3) is 0 Å². The maximum atomic E-state index is 10.4. The lowest BCUT2D eigenvalue weighted by molar-refractivity contribution is 0.177. The van der Waals surface area contributed by atoms with E-state index in [1.54, 1.807) is 0 Å². The third kappa shape index (κ3) is 2.62. The van der Waals surface area contributed by atoms with Crippen LogP contribution in [0.15, 0.2) is 30.6 Å². The largest absolute Gasteiger partial charge is 0.388 e. The van der Waals surface area contributed by atoms with Gasteiger partial charge >= 0.3 is 0 Å². The molecule has 2 rings (SSSR count). The number of benzene rings is 1. The number of aryl methyl sites for hydroxylation is 3. The van der Waals surface area contributed by atoms with Gasteiger partial charge in [0.15, 0.2) is 0 Å². The summed E-state index contributed by atoms with van der Waals surface area (Å²) in [6.07, 6.45) is 3.99. The van der Waals surface area contributed by atoms with Crippen molar-refractivity contribution < 1.29 is 5.11 Å². The summed E-state index contributed by atoms with van der Waals surface area (Å²) in [5, 5.41) is 14.6. The molecule has 0 fully saturated rings. The molecule has 3 nitrogen and oxygen atoms in total. The van der Waals surface area contributed by atoms with Gasteiger partial charge in [0.05, 0.1) is 12.3 Å². The van der Waals surface area contributed by atoms with Crippen molar-refractivity contribution in [1.82, 2.24) is 9.78 Å². The van der Waals surface area contributed by atoms with Gasteiger partial charge in [-0.05, 0) is 43.0 Å². The van der Waals surface area contributed by atoms with Crippen LogP contribution in [0.3, 0.4) is 0 Å². The monoisotopic (exact) mass is 244 g/mol. The second kappa shape index (κ2) is 5.36. The quantitative estimate of drug-likeness (QED) is 0.898. The Morgan fingerprint density at radius 3 is 2.50 bits per heavy atom. The highest BCUT2D eigenvalue weighted by Crippen LogP contribution is 2.24. The van der Waals surface area contributed by atoms with Crippen LogP contribution in [0.5, 0.6) is 0 Å². The summed E-state index contributed by atoms with van der Waals surface area (Å²) in [5.74, 6) is 0. The summed E-state index contributed by atoms with van der Waals surface area (Å²) in [4.78, 5) is 0. The lowest BCUT2D eigenvalue weighted by atomic mass is 9.95. The van der Waals surface area contributed by atoms with Crippen molar-refractivity contribution in [2.75, 3.05) is 0 Å². The fraction of sp³-hybridized carbons (Fsp3) is 0.400. The van der Waals surface area contributed by atoms with E-state index >= 15 is 0 Å². The molecule has 1 heterocycles. The fourth-order valence-corrected chi connectivity index (χ4v) is 2.36. The van der Waals surface area contributed by atoms with Crippen LogP contribution >= 0.6 is 0 Å². The van der Waals surface area contributed by atoms with Crippen LogP contribution in [-0.2, 0) is 13.0 Å². The first-order valence-electron chi connectivity index (χ1n) is 6.37. The Bertz CT molecular complexity index is 511. The van der Waals surface area contributed by atoms with Gasteiger partial charge in [0.1, 0.15) is 0 Å². The van der Waals surface area contributed by atoms with Crippen LogP contribution in [0, 0.1) is 13.8 Å². The number of hydrogen-bond donors (Lipinski definition) is 1. The smallest absolute Gasteiger partial charge is 0.0836 e. The zero-order valence-corrected chi connectivity index (χ0v) is 11.2. The highest BCUT2D eigenvalue weighted by molar-refractivity contribution is 5.36. The lowest BCUT2D eigenvalue weighted by Crippen LogP contribution is -2.05. The van der Waals surface area contributed by atoms with Crippen molar-refractivity contribution in [3.63, 3.8) is 0 Å². The van der Waals surface area contributed by atoms with Gasteiger partial charge in [-0.3, -0.25) is 4.68 Å². The standard InChI is InChI=1S/C15H20N2O/c1-4-17-10-13(9-16-17)8-14(18)15-11(2)6-5-7-12(15)3/h5-7,9-10,14,18H,4,8H2,1-3H3. The molecule has 0 aliphatic carbocycles. The Morgan fingerprint density at radius 1 is 1.28 bits per heavy atom. The maximum Gasteiger partial charge on any atom is 0.0836 e. The number of hydrogen-bond acceptors (Lipinski definition) is 2. The van der Waals surface area contributed by atoms with E-state index in [-0.39, 0.29) is 0 Å². The van der Waals surface area contributed by atoms with Gasteiger partial charge < -0.3 is 5.11 Å². The van der Waals surface area contributed by atoms with Gasteiger partial charge in [-0.2, -0.15) is 5.10 Å². The highest BCUT2D eigenvalue weighted by atomic mass is 16.3. The van der Waals surface area contributed by atoms with E-state index in [0.717, 1.165) is 28.8 Å². The molecule has 1 N–H and O–H groups in total. The molecule has 0 radical (unpaired) electrons. The number of rotatable bonds is 4. The molecule has 3 heteroatoms. The Kier molecular flexibility index (Phi) is 3.82. The highest BCUT2D eigenvalue weighted by Gasteiger charge is 2.14. The molecule has 0 aliphatic rings. The molecule has 0 bridgehead atoms. The third-order valence-corrected chi connectivity index (χ3v) is 3.32. The molecule has 0 saturated carbocycles. The first kappa shape index (κ1) is 12.8. The summed E-state index contributed by atoms with van der Waals surface area (Å²) in [5.41, 5.74) is 4.41. The van der Waals surface area contributed by atoms with E-state index in [1.165, 1.54) is 0 Å². The van der Waals surface area contributed by atoms with E-state index in [2.05, 4.69) is 12.0 Å². The molecule has 1 atom stereocenters. The Balaban J connectivity index is 2.19. The molecular weight excluding hydrogens is 224 g/mol. The molecule has 1 aromatic heterocycles. The van der Waals surface area contributed by atoms with Crippen LogP contribution in [0.4, 0.5) is 0 Å². The predicted molar refractivity (Wildman–Crippen MR) is 72.5 cm³/mol. The van der Waals surface area contributed by atoms with Crippen molar-refractivity contribution in [1.29, 1.82) is 0 Å². The minimum absolute atomic E-state index is 0.458. The summed E-state index contributed by atoms with van der Waals surface area (Å²) in [6.45, 7) is 7.00. The molecule has 0 amide bonds.